The third kappa shape index (κ3) is 39.4. The van der Waals surface area contributed by atoms with Crippen molar-refractivity contribution in [3.05, 3.63) is 0 Å². The molecule has 0 aliphatic heterocycles. The van der Waals surface area contributed by atoms with Crippen molar-refractivity contribution in [2.45, 2.75) is 270 Å². The van der Waals surface area contributed by atoms with Gasteiger partial charge in [-0.1, -0.05) is 219 Å². The number of esters is 1. The molecule has 1 unspecified atom stereocenters. The SMILES string of the molecule is CCCCCCCCCCCCCCCCCCCCCC(=O)OC(CCCC)CCCCCCCCCCCCCCCCC(=O)O. The summed E-state index contributed by atoms with van der Waals surface area (Å²) in [6, 6.07) is 0. The second-order valence-electron chi connectivity index (χ2n) is 15.3. The van der Waals surface area contributed by atoms with Crippen molar-refractivity contribution in [3.63, 3.8) is 0 Å². The van der Waals surface area contributed by atoms with Gasteiger partial charge in [0.1, 0.15) is 6.10 Å². The van der Waals surface area contributed by atoms with E-state index in [1.54, 1.807) is 0 Å². The van der Waals surface area contributed by atoms with Crippen LogP contribution < -0.4 is 0 Å². The fraction of sp³-hybridized carbons (Fsp3) is 0.955. The molecule has 4 nitrogen and oxygen atoms in total. The van der Waals surface area contributed by atoms with Crippen LogP contribution in [-0.4, -0.2) is 23.1 Å². The van der Waals surface area contributed by atoms with Crippen LogP contribution in [0.5, 0.6) is 0 Å². The molecule has 0 fully saturated rings. The van der Waals surface area contributed by atoms with Crippen LogP contribution in [-0.2, 0) is 14.3 Å². The lowest BCUT2D eigenvalue weighted by atomic mass is 10.0. The van der Waals surface area contributed by atoms with E-state index >= 15 is 0 Å². The van der Waals surface area contributed by atoms with Gasteiger partial charge < -0.3 is 9.84 Å². The summed E-state index contributed by atoms with van der Waals surface area (Å²) in [6.07, 6.45) is 49.1. The molecule has 0 spiro atoms. The van der Waals surface area contributed by atoms with E-state index in [1.165, 1.54) is 199 Å². The molecule has 0 aromatic heterocycles. The summed E-state index contributed by atoms with van der Waals surface area (Å²) in [7, 11) is 0. The molecule has 0 aromatic rings. The zero-order valence-corrected chi connectivity index (χ0v) is 32.8. The van der Waals surface area contributed by atoms with Crippen LogP contribution in [0.25, 0.3) is 0 Å². The van der Waals surface area contributed by atoms with Gasteiger partial charge in [-0.05, 0) is 32.1 Å². The Kier molecular flexibility index (Phi) is 39.5. The average molecular weight is 679 g/mol. The molecule has 0 rings (SSSR count). The molecule has 0 heterocycles. The van der Waals surface area contributed by atoms with Gasteiger partial charge in [-0.3, -0.25) is 9.59 Å². The van der Waals surface area contributed by atoms with Gasteiger partial charge in [0.05, 0.1) is 0 Å². The van der Waals surface area contributed by atoms with Crippen LogP contribution in [0.1, 0.15) is 264 Å². The van der Waals surface area contributed by atoms with Gasteiger partial charge in [-0.15, -0.1) is 0 Å². The number of carboxylic acids is 1. The van der Waals surface area contributed by atoms with Crippen LogP contribution in [0.4, 0.5) is 0 Å². The molecule has 0 amide bonds. The van der Waals surface area contributed by atoms with E-state index in [-0.39, 0.29) is 12.1 Å². The van der Waals surface area contributed by atoms with Crippen LogP contribution >= 0.6 is 0 Å². The van der Waals surface area contributed by atoms with Crippen molar-refractivity contribution in [3.8, 4) is 0 Å². The Morgan fingerprint density at radius 2 is 0.646 bits per heavy atom. The predicted octanol–water partition coefficient (Wildman–Crippen LogP) is 15.2. The van der Waals surface area contributed by atoms with Crippen molar-refractivity contribution in [2.24, 2.45) is 0 Å². The van der Waals surface area contributed by atoms with E-state index in [9.17, 15) is 9.59 Å². The number of unbranched alkanes of at least 4 members (excludes halogenated alkanes) is 32. The first kappa shape index (κ1) is 46.9. The minimum atomic E-state index is -0.664. The van der Waals surface area contributed by atoms with Crippen LogP contribution in [0.15, 0.2) is 0 Å². The normalized spacial score (nSPS) is 12.0. The highest BCUT2D eigenvalue weighted by molar-refractivity contribution is 5.69. The van der Waals surface area contributed by atoms with E-state index in [0.29, 0.717) is 12.8 Å². The summed E-state index contributed by atoms with van der Waals surface area (Å²) < 4.78 is 5.96. The van der Waals surface area contributed by atoms with Crippen LogP contribution in [0.3, 0.4) is 0 Å². The highest BCUT2D eigenvalue weighted by Gasteiger charge is 2.14. The maximum atomic E-state index is 12.5. The lowest BCUT2D eigenvalue weighted by Gasteiger charge is -2.18. The molecule has 4 heteroatoms. The molecule has 1 N–H and O–H groups in total. The van der Waals surface area contributed by atoms with Crippen LogP contribution in [0, 0.1) is 0 Å². The summed E-state index contributed by atoms with van der Waals surface area (Å²) in [5.41, 5.74) is 0. The number of carbonyl (C=O) groups excluding carboxylic acids is 1. The summed E-state index contributed by atoms with van der Waals surface area (Å²) in [4.78, 5) is 23.1. The maximum Gasteiger partial charge on any atom is 0.306 e. The minimum absolute atomic E-state index is 0.0428. The number of hydrogen-bond donors (Lipinski definition) is 1. The molecular formula is C44H86O4. The smallest absolute Gasteiger partial charge is 0.306 e. The Labute approximate surface area is 301 Å². The topological polar surface area (TPSA) is 63.6 Å². The van der Waals surface area contributed by atoms with Crippen molar-refractivity contribution in [2.75, 3.05) is 0 Å². The van der Waals surface area contributed by atoms with Crippen molar-refractivity contribution in [1.82, 2.24) is 0 Å². The fourth-order valence-corrected chi connectivity index (χ4v) is 7.06. The Morgan fingerprint density at radius 3 is 0.979 bits per heavy atom. The van der Waals surface area contributed by atoms with Gasteiger partial charge in [0.2, 0.25) is 0 Å². The third-order valence-corrected chi connectivity index (χ3v) is 10.3. The number of carbonyl (C=O) groups is 2. The summed E-state index contributed by atoms with van der Waals surface area (Å²) >= 11 is 0. The molecular weight excluding hydrogens is 592 g/mol. The quantitative estimate of drug-likeness (QED) is 0.0516. The van der Waals surface area contributed by atoms with E-state index < -0.39 is 5.97 Å². The molecule has 0 bridgehead atoms. The van der Waals surface area contributed by atoms with Gasteiger partial charge in [-0.25, -0.2) is 0 Å². The highest BCUT2D eigenvalue weighted by atomic mass is 16.5. The molecule has 286 valence electrons. The molecule has 48 heavy (non-hydrogen) atoms. The predicted molar refractivity (Wildman–Crippen MR) is 209 cm³/mol. The van der Waals surface area contributed by atoms with Gasteiger partial charge in [-0.2, -0.15) is 0 Å². The largest absolute Gasteiger partial charge is 0.481 e. The summed E-state index contributed by atoms with van der Waals surface area (Å²) in [6.45, 7) is 4.52. The Hall–Kier alpha value is -1.06. The van der Waals surface area contributed by atoms with Crippen molar-refractivity contribution >= 4 is 11.9 Å². The number of aliphatic carboxylic acids is 1. The second kappa shape index (κ2) is 40.4. The van der Waals surface area contributed by atoms with E-state index in [4.69, 9.17) is 9.84 Å². The first-order chi connectivity index (χ1) is 23.6. The summed E-state index contributed by atoms with van der Waals surface area (Å²) in [5.74, 6) is -0.621. The van der Waals surface area contributed by atoms with Crippen molar-refractivity contribution < 1.29 is 19.4 Å². The first-order valence-corrected chi connectivity index (χ1v) is 22.0. The van der Waals surface area contributed by atoms with Gasteiger partial charge in [0.15, 0.2) is 0 Å². The number of ether oxygens (including phenoxy) is 1. The zero-order chi connectivity index (χ0) is 35.0. The molecule has 0 aromatic carbocycles. The molecule has 0 saturated carbocycles. The van der Waals surface area contributed by atoms with Gasteiger partial charge >= 0.3 is 11.9 Å². The molecule has 0 aliphatic carbocycles. The summed E-state index contributed by atoms with van der Waals surface area (Å²) in [5, 5.41) is 8.67. The molecule has 0 aliphatic rings. The number of hydrogen-bond acceptors (Lipinski definition) is 3. The van der Waals surface area contributed by atoms with Gasteiger partial charge in [0.25, 0.3) is 0 Å². The lowest BCUT2D eigenvalue weighted by molar-refractivity contribution is -0.150. The Morgan fingerprint density at radius 1 is 0.375 bits per heavy atom. The number of rotatable bonds is 41. The van der Waals surface area contributed by atoms with Crippen LogP contribution in [0.2, 0.25) is 0 Å². The fourth-order valence-electron chi connectivity index (χ4n) is 7.06. The van der Waals surface area contributed by atoms with E-state index in [0.717, 1.165) is 38.5 Å². The average Bonchev–Trinajstić information content (AvgIpc) is 3.07. The second-order valence-corrected chi connectivity index (χ2v) is 15.3. The standard InChI is InChI=1S/C44H86O4/c1-3-5-7-8-9-10-11-12-13-14-15-16-17-22-25-28-31-34-37-41-44(47)48-42(38-6-4-2)39-35-32-29-26-23-20-18-19-21-24-27-30-33-36-40-43(45)46/h42H,3-41H2,1-2H3,(H,45,46). The monoisotopic (exact) mass is 679 g/mol. The molecule has 0 radical (unpaired) electrons. The minimum Gasteiger partial charge on any atom is -0.481 e. The lowest BCUT2D eigenvalue weighted by Crippen LogP contribution is -2.18. The molecule has 1 atom stereocenters. The zero-order valence-electron chi connectivity index (χ0n) is 32.8. The first-order valence-electron chi connectivity index (χ1n) is 22.0. The van der Waals surface area contributed by atoms with E-state index in [2.05, 4.69) is 13.8 Å². The number of carboxylic acid groups (broad SMARTS) is 1. The molecule has 0 saturated heterocycles. The van der Waals surface area contributed by atoms with Gasteiger partial charge in [0, 0.05) is 12.8 Å². The maximum absolute atomic E-state index is 12.5. The Bertz CT molecular complexity index is 648. The Balaban J connectivity index is 3.54. The van der Waals surface area contributed by atoms with Crippen molar-refractivity contribution in [1.29, 1.82) is 0 Å². The third-order valence-electron chi connectivity index (χ3n) is 10.3. The highest BCUT2D eigenvalue weighted by Crippen LogP contribution is 2.19. The van der Waals surface area contributed by atoms with E-state index in [1.807, 2.05) is 0 Å².